The van der Waals surface area contributed by atoms with Crippen LogP contribution in [0.4, 0.5) is 5.69 Å². The highest BCUT2D eigenvalue weighted by Gasteiger charge is 2.14. The molecular formula is C21H15ClN2O3. The second-order valence-corrected chi connectivity index (χ2v) is 6.23. The summed E-state index contributed by atoms with van der Waals surface area (Å²) < 4.78 is 11.2. The molecule has 134 valence electrons. The number of aromatic nitrogens is 1. The number of benzene rings is 2. The number of hydrogen-bond donors (Lipinski definition) is 1. The van der Waals surface area contributed by atoms with Gasteiger partial charge in [0.1, 0.15) is 18.1 Å². The van der Waals surface area contributed by atoms with Gasteiger partial charge in [-0.2, -0.15) is 0 Å². The molecule has 5 nitrogen and oxygen atoms in total. The van der Waals surface area contributed by atoms with E-state index >= 15 is 0 Å². The van der Waals surface area contributed by atoms with Gasteiger partial charge in [-0.1, -0.05) is 41.9 Å². The van der Waals surface area contributed by atoms with Crippen LogP contribution in [0.2, 0.25) is 5.02 Å². The number of halogens is 1. The first-order valence-corrected chi connectivity index (χ1v) is 8.69. The van der Waals surface area contributed by atoms with Gasteiger partial charge in [0.05, 0.1) is 16.2 Å². The van der Waals surface area contributed by atoms with Gasteiger partial charge in [-0.15, -0.1) is 0 Å². The van der Waals surface area contributed by atoms with E-state index in [0.717, 1.165) is 10.9 Å². The van der Waals surface area contributed by atoms with Crippen molar-refractivity contribution in [2.24, 2.45) is 0 Å². The summed E-state index contributed by atoms with van der Waals surface area (Å²) in [5.41, 5.74) is 1.35. The molecule has 4 rings (SSSR count). The van der Waals surface area contributed by atoms with Crippen molar-refractivity contribution in [1.82, 2.24) is 4.98 Å². The van der Waals surface area contributed by atoms with E-state index in [9.17, 15) is 4.79 Å². The first-order valence-electron chi connectivity index (χ1n) is 8.32. The Morgan fingerprint density at radius 1 is 1.04 bits per heavy atom. The van der Waals surface area contributed by atoms with Crippen LogP contribution in [0.3, 0.4) is 0 Å². The average Bonchev–Trinajstić information content (AvgIpc) is 3.17. The zero-order chi connectivity index (χ0) is 18.6. The normalized spacial score (nSPS) is 10.7. The Kier molecular flexibility index (Phi) is 4.77. The summed E-state index contributed by atoms with van der Waals surface area (Å²) in [7, 11) is 0. The molecular weight excluding hydrogens is 364 g/mol. The molecule has 2 aromatic carbocycles. The third-order valence-electron chi connectivity index (χ3n) is 3.97. The number of hydrogen-bond acceptors (Lipinski definition) is 4. The van der Waals surface area contributed by atoms with Crippen molar-refractivity contribution < 1.29 is 13.9 Å². The fourth-order valence-electron chi connectivity index (χ4n) is 2.68. The van der Waals surface area contributed by atoms with Crippen LogP contribution in [0.15, 0.2) is 77.3 Å². The number of carbonyl (C=O) groups is 1. The van der Waals surface area contributed by atoms with E-state index in [2.05, 4.69) is 10.3 Å². The van der Waals surface area contributed by atoms with Crippen molar-refractivity contribution in [2.75, 3.05) is 5.32 Å². The highest BCUT2D eigenvalue weighted by molar-refractivity contribution is 6.32. The molecule has 0 spiro atoms. The number of rotatable bonds is 5. The SMILES string of the molecule is O=C(Nc1cccc2cccnc12)c1ccc(COc2ccccc2Cl)o1. The number of para-hydroxylation sites is 2. The molecule has 0 fully saturated rings. The van der Waals surface area contributed by atoms with Gasteiger partial charge in [-0.25, -0.2) is 0 Å². The quantitative estimate of drug-likeness (QED) is 0.511. The monoisotopic (exact) mass is 378 g/mol. The predicted molar refractivity (Wildman–Crippen MR) is 104 cm³/mol. The second kappa shape index (κ2) is 7.51. The lowest BCUT2D eigenvalue weighted by molar-refractivity contribution is 0.0992. The summed E-state index contributed by atoms with van der Waals surface area (Å²) in [6.45, 7) is 0.173. The number of fused-ring (bicyclic) bond motifs is 1. The minimum absolute atomic E-state index is 0.173. The van der Waals surface area contributed by atoms with Crippen molar-refractivity contribution in [3.05, 3.63) is 89.5 Å². The lowest BCUT2D eigenvalue weighted by Gasteiger charge is -2.07. The van der Waals surface area contributed by atoms with Crippen LogP contribution in [-0.2, 0) is 6.61 Å². The minimum Gasteiger partial charge on any atom is -0.484 e. The second-order valence-electron chi connectivity index (χ2n) is 5.82. The molecule has 0 aliphatic rings. The number of amides is 1. The highest BCUT2D eigenvalue weighted by Crippen LogP contribution is 2.25. The summed E-state index contributed by atoms with van der Waals surface area (Å²) in [5, 5.41) is 4.31. The van der Waals surface area contributed by atoms with E-state index < -0.39 is 0 Å². The standard InChI is InChI=1S/C21H15ClN2O3/c22-16-7-1-2-9-18(16)26-13-15-10-11-19(27-15)21(25)24-17-8-3-5-14-6-4-12-23-20(14)17/h1-12H,13H2,(H,24,25). The van der Waals surface area contributed by atoms with Gasteiger partial charge in [0, 0.05) is 11.6 Å². The van der Waals surface area contributed by atoms with Gasteiger partial charge in [0.2, 0.25) is 0 Å². The molecule has 0 bridgehead atoms. The maximum atomic E-state index is 12.5. The smallest absolute Gasteiger partial charge is 0.291 e. The summed E-state index contributed by atoms with van der Waals surface area (Å²) in [6.07, 6.45) is 1.69. The Balaban J connectivity index is 1.46. The van der Waals surface area contributed by atoms with Crippen LogP contribution >= 0.6 is 11.6 Å². The Labute approximate surface area is 160 Å². The van der Waals surface area contributed by atoms with Gasteiger partial charge in [-0.3, -0.25) is 9.78 Å². The van der Waals surface area contributed by atoms with Gasteiger partial charge in [0.15, 0.2) is 5.76 Å². The van der Waals surface area contributed by atoms with Crippen molar-refractivity contribution in [3.8, 4) is 5.75 Å². The molecule has 1 N–H and O–H groups in total. The summed E-state index contributed by atoms with van der Waals surface area (Å²) >= 11 is 6.06. The predicted octanol–water partition coefficient (Wildman–Crippen LogP) is 5.31. The van der Waals surface area contributed by atoms with Crippen LogP contribution in [-0.4, -0.2) is 10.9 Å². The fraction of sp³-hybridized carbons (Fsp3) is 0.0476. The number of carbonyl (C=O) groups excluding carboxylic acids is 1. The van der Waals surface area contributed by atoms with Crippen molar-refractivity contribution in [2.45, 2.75) is 6.61 Å². The van der Waals surface area contributed by atoms with Crippen molar-refractivity contribution in [3.63, 3.8) is 0 Å². The Morgan fingerprint density at radius 3 is 2.78 bits per heavy atom. The van der Waals surface area contributed by atoms with Gasteiger partial charge in [0.25, 0.3) is 5.91 Å². The molecule has 27 heavy (non-hydrogen) atoms. The molecule has 0 unspecified atom stereocenters. The van der Waals surface area contributed by atoms with Crippen molar-refractivity contribution in [1.29, 1.82) is 0 Å². The van der Waals surface area contributed by atoms with E-state index in [1.54, 1.807) is 36.5 Å². The Hall–Kier alpha value is -3.31. The molecule has 1 amide bonds. The summed E-state index contributed by atoms with van der Waals surface area (Å²) in [4.78, 5) is 16.8. The van der Waals surface area contributed by atoms with Crippen LogP contribution in [0.25, 0.3) is 10.9 Å². The van der Waals surface area contributed by atoms with Crippen LogP contribution in [0, 0.1) is 0 Å². The van der Waals surface area contributed by atoms with Gasteiger partial charge < -0.3 is 14.5 Å². The van der Waals surface area contributed by atoms with E-state index in [1.807, 2.05) is 36.4 Å². The van der Waals surface area contributed by atoms with E-state index in [0.29, 0.717) is 22.2 Å². The summed E-state index contributed by atoms with van der Waals surface area (Å²) in [6, 6.07) is 19.9. The largest absolute Gasteiger partial charge is 0.484 e. The lowest BCUT2D eigenvalue weighted by atomic mass is 10.2. The highest BCUT2D eigenvalue weighted by atomic mass is 35.5. The molecule has 2 aromatic heterocycles. The third kappa shape index (κ3) is 3.78. The van der Waals surface area contributed by atoms with E-state index in [-0.39, 0.29) is 18.3 Å². The Bertz CT molecular complexity index is 1100. The first-order chi connectivity index (χ1) is 13.2. The number of pyridine rings is 1. The van der Waals surface area contributed by atoms with Crippen LogP contribution in [0.5, 0.6) is 5.75 Å². The number of furan rings is 1. The van der Waals surface area contributed by atoms with Crippen LogP contribution < -0.4 is 10.1 Å². The molecule has 2 heterocycles. The molecule has 4 aromatic rings. The molecule has 0 saturated carbocycles. The molecule has 0 aliphatic carbocycles. The molecule has 6 heteroatoms. The fourth-order valence-corrected chi connectivity index (χ4v) is 2.87. The zero-order valence-electron chi connectivity index (χ0n) is 14.2. The number of anilines is 1. The van der Waals surface area contributed by atoms with Gasteiger partial charge in [-0.05, 0) is 36.4 Å². The number of nitrogens with zero attached hydrogens (tertiary/aromatic N) is 1. The van der Waals surface area contributed by atoms with Gasteiger partial charge >= 0.3 is 0 Å². The minimum atomic E-state index is -0.350. The average molecular weight is 379 g/mol. The molecule has 0 radical (unpaired) electrons. The number of nitrogens with one attached hydrogen (secondary N) is 1. The van der Waals surface area contributed by atoms with Crippen molar-refractivity contribution >= 4 is 34.1 Å². The maximum Gasteiger partial charge on any atom is 0.291 e. The van der Waals surface area contributed by atoms with Crippen LogP contribution in [0.1, 0.15) is 16.3 Å². The molecule has 0 saturated heterocycles. The lowest BCUT2D eigenvalue weighted by Crippen LogP contribution is -2.11. The number of ether oxygens (including phenoxy) is 1. The zero-order valence-corrected chi connectivity index (χ0v) is 14.9. The topological polar surface area (TPSA) is 64.4 Å². The molecule has 0 aliphatic heterocycles. The Morgan fingerprint density at radius 2 is 1.89 bits per heavy atom. The van der Waals surface area contributed by atoms with E-state index in [1.165, 1.54) is 0 Å². The summed E-state index contributed by atoms with van der Waals surface area (Å²) in [5.74, 6) is 0.928. The van der Waals surface area contributed by atoms with E-state index in [4.69, 9.17) is 20.8 Å². The molecule has 0 atom stereocenters. The first kappa shape index (κ1) is 17.1. The maximum absolute atomic E-state index is 12.5. The third-order valence-corrected chi connectivity index (χ3v) is 4.29.